The van der Waals surface area contributed by atoms with Gasteiger partial charge in [-0.05, 0) is 63.5 Å². The normalized spacial score (nSPS) is 11.2. The second-order valence-electron chi connectivity index (χ2n) is 6.76. The number of hydrogen-bond donors (Lipinski definition) is 0. The number of nitrogens with zero attached hydrogens (tertiary/aromatic N) is 4. The first kappa shape index (κ1) is 21.9. The Morgan fingerprint density at radius 2 is 1.86 bits per heavy atom. The summed E-state index contributed by atoms with van der Waals surface area (Å²) in [7, 11) is 4.06. The maximum Gasteiger partial charge on any atom is 0.260 e. The maximum absolute atomic E-state index is 13.4. The van der Waals surface area contributed by atoms with E-state index in [9.17, 15) is 4.79 Å². The van der Waals surface area contributed by atoms with E-state index in [-0.39, 0.29) is 18.3 Å². The molecule has 2 aromatic carbocycles. The van der Waals surface area contributed by atoms with E-state index in [1.54, 1.807) is 10.4 Å². The molecule has 0 fully saturated rings. The van der Waals surface area contributed by atoms with Gasteiger partial charge in [0, 0.05) is 17.1 Å². The molecule has 2 aromatic heterocycles. The molecule has 0 saturated carbocycles. The third kappa shape index (κ3) is 4.87. The van der Waals surface area contributed by atoms with Crippen LogP contribution in [0, 0.1) is 0 Å². The lowest BCUT2D eigenvalue weighted by Gasteiger charge is -2.21. The van der Waals surface area contributed by atoms with Gasteiger partial charge in [-0.2, -0.15) is 0 Å². The first-order valence-corrected chi connectivity index (χ1v) is 10.9. The van der Waals surface area contributed by atoms with Gasteiger partial charge in [0.15, 0.2) is 5.13 Å². The van der Waals surface area contributed by atoms with Crippen molar-refractivity contribution >= 4 is 78.2 Å². The minimum atomic E-state index is -0.0424. The van der Waals surface area contributed by atoms with Crippen LogP contribution in [-0.4, -0.2) is 48.0 Å². The zero-order valence-electron chi connectivity index (χ0n) is 16.0. The molecule has 0 saturated heterocycles. The molecule has 5 nitrogen and oxygen atoms in total. The van der Waals surface area contributed by atoms with Crippen molar-refractivity contribution in [1.29, 1.82) is 0 Å². The standard InChI is InChI=1S/C20H19ClN4OS2.ClH/c1-24(2)8-3-9-25(20-23-16-7-5-14(21)11-18(16)28-20)19(26)13-4-6-15-17(10-13)27-12-22-15;/h4-7,10-12H,3,8-9H2,1-2H3;1H. The SMILES string of the molecule is CN(C)CCCN(C(=O)c1ccc2ncsc2c1)c1nc2ccc(Cl)cc2s1.Cl. The number of carbonyl (C=O) groups excluding carboxylic acids is 1. The highest BCUT2D eigenvalue weighted by molar-refractivity contribution is 7.22. The van der Waals surface area contributed by atoms with Gasteiger partial charge in [-0.3, -0.25) is 9.69 Å². The summed E-state index contributed by atoms with van der Waals surface area (Å²) in [5.41, 5.74) is 4.22. The fraction of sp³-hybridized carbons (Fsp3) is 0.250. The van der Waals surface area contributed by atoms with Gasteiger partial charge < -0.3 is 4.90 Å². The summed E-state index contributed by atoms with van der Waals surface area (Å²) in [6, 6.07) is 11.3. The van der Waals surface area contributed by atoms with Gasteiger partial charge in [0.05, 0.1) is 25.9 Å². The van der Waals surface area contributed by atoms with E-state index >= 15 is 0 Å². The molecular formula is C20H20Cl2N4OS2. The number of thiazole rings is 2. The van der Waals surface area contributed by atoms with Gasteiger partial charge in [-0.1, -0.05) is 22.9 Å². The molecule has 9 heteroatoms. The lowest BCUT2D eigenvalue weighted by molar-refractivity contribution is 0.0986. The van der Waals surface area contributed by atoms with Crippen LogP contribution in [0.1, 0.15) is 16.8 Å². The quantitative estimate of drug-likeness (QED) is 0.372. The topological polar surface area (TPSA) is 49.3 Å². The van der Waals surface area contributed by atoms with E-state index in [2.05, 4.69) is 9.88 Å². The third-order valence-corrected chi connectivity index (χ3v) is 6.45. The van der Waals surface area contributed by atoms with Crippen LogP contribution >= 0.6 is 46.7 Å². The van der Waals surface area contributed by atoms with Gasteiger partial charge >= 0.3 is 0 Å². The average Bonchev–Trinajstić information content (AvgIpc) is 3.29. The van der Waals surface area contributed by atoms with Gasteiger partial charge in [-0.25, -0.2) is 9.97 Å². The molecule has 0 unspecified atom stereocenters. The molecule has 0 atom stereocenters. The predicted molar refractivity (Wildman–Crippen MR) is 126 cm³/mol. The van der Waals surface area contributed by atoms with Gasteiger partial charge in [0.25, 0.3) is 5.91 Å². The molecule has 0 aliphatic carbocycles. The monoisotopic (exact) mass is 466 g/mol. The summed E-state index contributed by atoms with van der Waals surface area (Å²) in [5, 5.41) is 1.37. The van der Waals surface area contributed by atoms with Gasteiger partial charge in [0.1, 0.15) is 0 Å². The largest absolute Gasteiger partial charge is 0.309 e. The molecule has 0 spiro atoms. The summed E-state index contributed by atoms with van der Waals surface area (Å²) < 4.78 is 1.99. The number of fused-ring (bicyclic) bond motifs is 2. The van der Waals surface area contributed by atoms with E-state index in [4.69, 9.17) is 16.6 Å². The van der Waals surface area contributed by atoms with Crippen LogP contribution in [0.2, 0.25) is 5.02 Å². The van der Waals surface area contributed by atoms with Crippen LogP contribution in [0.3, 0.4) is 0 Å². The van der Waals surface area contributed by atoms with E-state index in [1.807, 2.05) is 50.5 Å². The van der Waals surface area contributed by atoms with Gasteiger partial charge in [0.2, 0.25) is 0 Å². The zero-order chi connectivity index (χ0) is 19.7. The highest BCUT2D eigenvalue weighted by atomic mass is 35.5. The Balaban J connectivity index is 0.00000240. The Labute approximate surface area is 188 Å². The van der Waals surface area contributed by atoms with Crippen molar-refractivity contribution in [3.8, 4) is 0 Å². The molecule has 4 aromatic rings. The number of halogens is 2. The number of hydrogen-bond acceptors (Lipinski definition) is 6. The molecule has 1 amide bonds. The van der Waals surface area contributed by atoms with Crippen LogP contribution in [0.25, 0.3) is 20.4 Å². The predicted octanol–water partition coefficient (Wildman–Crippen LogP) is 5.58. The summed E-state index contributed by atoms with van der Waals surface area (Å²) in [6.07, 6.45) is 0.859. The van der Waals surface area contributed by atoms with Crippen LogP contribution < -0.4 is 4.90 Å². The van der Waals surface area contributed by atoms with Crippen LogP contribution in [0.4, 0.5) is 5.13 Å². The second kappa shape index (κ2) is 9.36. The molecule has 152 valence electrons. The van der Waals surface area contributed by atoms with E-state index in [0.717, 1.165) is 33.4 Å². The first-order chi connectivity index (χ1) is 13.5. The smallest absolute Gasteiger partial charge is 0.260 e. The minimum absolute atomic E-state index is 0. The number of rotatable bonds is 6. The minimum Gasteiger partial charge on any atom is -0.309 e. The molecule has 0 radical (unpaired) electrons. The average molecular weight is 467 g/mol. The van der Waals surface area contributed by atoms with Crippen molar-refractivity contribution in [2.45, 2.75) is 6.42 Å². The summed E-state index contributed by atoms with van der Waals surface area (Å²) >= 11 is 9.15. The van der Waals surface area contributed by atoms with Crippen molar-refractivity contribution in [1.82, 2.24) is 14.9 Å². The van der Waals surface area contributed by atoms with E-state index in [1.165, 1.54) is 22.7 Å². The van der Waals surface area contributed by atoms with E-state index < -0.39 is 0 Å². The van der Waals surface area contributed by atoms with Crippen LogP contribution in [0.15, 0.2) is 41.9 Å². The molecule has 0 aliphatic rings. The lowest BCUT2D eigenvalue weighted by Crippen LogP contribution is -2.33. The Morgan fingerprint density at radius 3 is 2.66 bits per heavy atom. The Hall–Kier alpha value is -1.77. The highest BCUT2D eigenvalue weighted by Crippen LogP contribution is 2.32. The molecule has 0 bridgehead atoms. The summed E-state index contributed by atoms with van der Waals surface area (Å²) in [5.74, 6) is -0.0424. The molecule has 2 heterocycles. The number of anilines is 1. The number of benzene rings is 2. The zero-order valence-corrected chi connectivity index (χ0v) is 19.2. The molecular weight excluding hydrogens is 447 g/mol. The third-order valence-electron chi connectivity index (χ3n) is 4.38. The van der Waals surface area contributed by atoms with Crippen molar-refractivity contribution in [2.24, 2.45) is 0 Å². The fourth-order valence-corrected chi connectivity index (χ4v) is 4.96. The highest BCUT2D eigenvalue weighted by Gasteiger charge is 2.22. The Kier molecular flexibility index (Phi) is 7.08. The van der Waals surface area contributed by atoms with E-state index in [0.29, 0.717) is 22.3 Å². The summed E-state index contributed by atoms with van der Waals surface area (Å²) in [4.78, 5) is 26.3. The number of amides is 1. The van der Waals surface area contributed by atoms with Crippen molar-refractivity contribution in [3.63, 3.8) is 0 Å². The van der Waals surface area contributed by atoms with Crippen molar-refractivity contribution < 1.29 is 4.79 Å². The Morgan fingerprint density at radius 1 is 1.07 bits per heavy atom. The number of carbonyl (C=O) groups is 1. The number of aromatic nitrogens is 2. The maximum atomic E-state index is 13.4. The lowest BCUT2D eigenvalue weighted by atomic mass is 10.2. The molecule has 4 rings (SSSR count). The second-order valence-corrected chi connectivity index (χ2v) is 9.09. The van der Waals surface area contributed by atoms with Gasteiger partial charge in [-0.15, -0.1) is 23.7 Å². The fourth-order valence-electron chi connectivity index (χ4n) is 2.97. The Bertz CT molecular complexity index is 1140. The van der Waals surface area contributed by atoms with Crippen molar-refractivity contribution in [3.05, 3.63) is 52.5 Å². The summed E-state index contributed by atoms with van der Waals surface area (Å²) in [6.45, 7) is 1.50. The molecule has 0 N–H and O–H groups in total. The molecule has 29 heavy (non-hydrogen) atoms. The van der Waals surface area contributed by atoms with Crippen molar-refractivity contribution in [2.75, 3.05) is 32.1 Å². The molecule has 0 aliphatic heterocycles. The van der Waals surface area contributed by atoms with Crippen LogP contribution in [0.5, 0.6) is 0 Å². The van der Waals surface area contributed by atoms with Crippen LogP contribution in [-0.2, 0) is 0 Å². The first-order valence-electron chi connectivity index (χ1n) is 8.87.